The number of hydrogen-bond acceptors (Lipinski definition) is 8. The number of hydrogen-bond donors (Lipinski definition) is 2. The molecular formula is C21H27ClN4O5. The molecule has 2 aromatic heterocycles. The van der Waals surface area contributed by atoms with E-state index >= 15 is 0 Å². The molecule has 0 unspecified atom stereocenters. The van der Waals surface area contributed by atoms with E-state index < -0.39 is 24.1 Å². The zero-order valence-corrected chi connectivity index (χ0v) is 18.2. The molecule has 1 fully saturated rings. The summed E-state index contributed by atoms with van der Waals surface area (Å²) in [5.41, 5.74) is 4.83. The van der Waals surface area contributed by atoms with Crippen LogP contribution in [0.25, 0.3) is 11.0 Å². The lowest BCUT2D eigenvalue weighted by atomic mass is 9.99. The van der Waals surface area contributed by atoms with Gasteiger partial charge in [0, 0.05) is 12.6 Å². The maximum absolute atomic E-state index is 11.9. The highest BCUT2D eigenvalue weighted by atomic mass is 35.5. The van der Waals surface area contributed by atoms with Crippen molar-refractivity contribution in [1.29, 1.82) is 0 Å². The number of aliphatic hydroxyl groups is 1. The Morgan fingerprint density at radius 2 is 2.19 bits per heavy atom. The van der Waals surface area contributed by atoms with Crippen LogP contribution in [0.5, 0.6) is 0 Å². The Kier molecular flexibility index (Phi) is 7.59. The molecule has 1 aliphatic heterocycles. The lowest BCUT2D eigenvalue weighted by Crippen LogP contribution is -2.43. The van der Waals surface area contributed by atoms with Gasteiger partial charge in [0.25, 0.3) is 0 Å². The minimum atomic E-state index is -1.51. The number of unbranched alkanes of at least 4 members (excludes halogenated alkanes) is 4. The van der Waals surface area contributed by atoms with Gasteiger partial charge in [-0.05, 0) is 24.1 Å². The molecule has 1 saturated heterocycles. The average molecular weight is 451 g/mol. The van der Waals surface area contributed by atoms with Crippen molar-refractivity contribution in [1.82, 2.24) is 14.5 Å². The molecule has 3 heterocycles. The van der Waals surface area contributed by atoms with Crippen LogP contribution < -0.4 is 5.73 Å². The SMILES string of the molecule is C#C[C@]1(COC(=O)OCCCCCCC)O[C@@H](n2ccc3c(N)nc(Cl)nc32)C[C@@H]1O. The molecule has 0 bridgehead atoms. The number of nitrogen functional groups attached to an aromatic ring is 1. The summed E-state index contributed by atoms with van der Waals surface area (Å²) in [6.07, 6.45) is 10.1. The Morgan fingerprint density at radius 1 is 1.42 bits per heavy atom. The Balaban J connectivity index is 1.60. The summed E-state index contributed by atoms with van der Waals surface area (Å²) in [7, 11) is 0. The molecule has 0 aliphatic carbocycles. The molecule has 3 atom stereocenters. The monoisotopic (exact) mass is 450 g/mol. The van der Waals surface area contributed by atoms with Crippen molar-refractivity contribution in [3.63, 3.8) is 0 Å². The van der Waals surface area contributed by atoms with E-state index in [1.54, 1.807) is 16.8 Å². The third-order valence-electron chi connectivity index (χ3n) is 5.31. The maximum atomic E-state index is 11.9. The third-order valence-corrected chi connectivity index (χ3v) is 5.48. The van der Waals surface area contributed by atoms with Gasteiger partial charge in [-0.1, -0.05) is 38.5 Å². The summed E-state index contributed by atoms with van der Waals surface area (Å²) in [4.78, 5) is 20.0. The number of halogens is 1. The molecule has 1 aliphatic rings. The number of aromatic nitrogens is 3. The molecule has 31 heavy (non-hydrogen) atoms. The lowest BCUT2D eigenvalue weighted by Gasteiger charge is -2.26. The van der Waals surface area contributed by atoms with E-state index in [-0.39, 0.29) is 30.7 Å². The van der Waals surface area contributed by atoms with Crippen molar-refractivity contribution >= 4 is 34.6 Å². The van der Waals surface area contributed by atoms with Crippen LogP contribution >= 0.6 is 11.6 Å². The fourth-order valence-corrected chi connectivity index (χ4v) is 3.72. The number of nitrogens with two attached hydrogens (primary N) is 1. The number of ether oxygens (including phenoxy) is 3. The van der Waals surface area contributed by atoms with Gasteiger partial charge >= 0.3 is 6.16 Å². The predicted octanol–water partition coefficient (Wildman–Crippen LogP) is 3.44. The van der Waals surface area contributed by atoms with Crippen LogP contribution in [-0.2, 0) is 14.2 Å². The lowest BCUT2D eigenvalue weighted by molar-refractivity contribution is -0.0979. The second-order valence-electron chi connectivity index (χ2n) is 7.50. The standard InChI is InChI=1S/C21H27ClN4O5/c1-3-5-6-7-8-11-29-20(28)30-13-21(4-2)15(27)12-16(31-21)26-10-9-14-17(23)24-19(22)25-18(14)26/h2,9-10,15-16,27H,3,5-8,11-13H2,1H3,(H2,23,24,25)/t15-,16+,21+/m0/s1. The van der Waals surface area contributed by atoms with Crippen molar-refractivity contribution in [3.05, 3.63) is 17.5 Å². The summed E-state index contributed by atoms with van der Waals surface area (Å²) < 4.78 is 17.8. The Morgan fingerprint density at radius 3 is 2.94 bits per heavy atom. The number of anilines is 1. The highest BCUT2D eigenvalue weighted by molar-refractivity contribution is 6.28. The maximum Gasteiger partial charge on any atom is 0.508 e. The van der Waals surface area contributed by atoms with Gasteiger partial charge in [-0.25, -0.2) is 9.78 Å². The molecule has 0 radical (unpaired) electrons. The number of carbonyl (C=O) groups excluding carboxylic acids is 1. The molecular weight excluding hydrogens is 424 g/mol. The molecule has 2 aromatic rings. The Hall–Kier alpha value is -2.54. The van der Waals surface area contributed by atoms with E-state index in [0.29, 0.717) is 11.0 Å². The fourth-order valence-electron chi connectivity index (χ4n) is 3.55. The fraction of sp³-hybridized carbons (Fsp3) is 0.571. The summed E-state index contributed by atoms with van der Waals surface area (Å²) >= 11 is 5.92. The molecule has 3 rings (SSSR count). The molecule has 0 spiro atoms. The molecule has 0 saturated carbocycles. The Labute approximate surface area is 185 Å². The van der Waals surface area contributed by atoms with Crippen LogP contribution in [0.4, 0.5) is 10.6 Å². The van der Waals surface area contributed by atoms with Crippen molar-refractivity contribution < 1.29 is 24.1 Å². The second-order valence-corrected chi connectivity index (χ2v) is 7.84. The molecule has 10 heteroatoms. The third kappa shape index (κ3) is 5.21. The van der Waals surface area contributed by atoms with E-state index in [9.17, 15) is 9.90 Å². The first-order chi connectivity index (χ1) is 14.9. The van der Waals surface area contributed by atoms with Crippen molar-refractivity contribution in [2.24, 2.45) is 0 Å². The van der Waals surface area contributed by atoms with Crippen LogP contribution in [0.3, 0.4) is 0 Å². The number of carbonyl (C=O) groups is 1. The minimum absolute atomic E-state index is 0.00696. The van der Waals surface area contributed by atoms with Gasteiger partial charge in [0.15, 0.2) is 5.60 Å². The van der Waals surface area contributed by atoms with Crippen LogP contribution in [0.15, 0.2) is 12.3 Å². The smallest absolute Gasteiger partial charge is 0.434 e. The van der Waals surface area contributed by atoms with E-state index in [4.69, 9.17) is 38.0 Å². The van der Waals surface area contributed by atoms with E-state index in [1.165, 1.54) is 0 Å². The normalized spacial score (nSPS) is 23.0. The van der Waals surface area contributed by atoms with E-state index in [1.807, 2.05) is 0 Å². The van der Waals surface area contributed by atoms with Gasteiger partial charge < -0.3 is 29.6 Å². The van der Waals surface area contributed by atoms with Gasteiger partial charge in [0.2, 0.25) is 5.28 Å². The largest absolute Gasteiger partial charge is 0.508 e. The van der Waals surface area contributed by atoms with Gasteiger partial charge in [-0.15, -0.1) is 6.42 Å². The summed E-state index contributed by atoms with van der Waals surface area (Å²) in [5, 5.41) is 11.2. The van der Waals surface area contributed by atoms with E-state index in [0.717, 1.165) is 32.1 Å². The van der Waals surface area contributed by atoms with Crippen LogP contribution in [0, 0.1) is 12.3 Å². The van der Waals surface area contributed by atoms with Crippen molar-refractivity contribution in [2.45, 2.75) is 63.4 Å². The first-order valence-electron chi connectivity index (χ1n) is 10.3. The highest BCUT2D eigenvalue weighted by Crippen LogP contribution is 2.39. The number of aliphatic hydroxyl groups excluding tert-OH is 1. The van der Waals surface area contributed by atoms with Gasteiger partial charge in [-0.2, -0.15) is 4.98 Å². The summed E-state index contributed by atoms with van der Waals surface area (Å²) in [5.74, 6) is 2.67. The second kappa shape index (κ2) is 10.2. The summed E-state index contributed by atoms with van der Waals surface area (Å²) in [6.45, 7) is 2.07. The highest BCUT2D eigenvalue weighted by Gasteiger charge is 2.49. The predicted molar refractivity (Wildman–Crippen MR) is 115 cm³/mol. The number of terminal acetylenes is 1. The quantitative estimate of drug-likeness (QED) is 0.258. The molecule has 0 aromatic carbocycles. The van der Waals surface area contributed by atoms with Crippen molar-refractivity contribution in [3.8, 4) is 12.3 Å². The van der Waals surface area contributed by atoms with Gasteiger partial charge in [-0.3, -0.25) is 0 Å². The zero-order valence-electron chi connectivity index (χ0n) is 17.4. The first kappa shape index (κ1) is 23.1. The average Bonchev–Trinajstić information content (AvgIpc) is 3.30. The topological polar surface area (TPSA) is 122 Å². The van der Waals surface area contributed by atoms with E-state index in [2.05, 4.69) is 22.8 Å². The number of rotatable bonds is 9. The number of fused-ring (bicyclic) bond motifs is 1. The first-order valence-corrected chi connectivity index (χ1v) is 10.7. The minimum Gasteiger partial charge on any atom is -0.434 e. The molecule has 168 valence electrons. The molecule has 3 N–H and O–H groups in total. The zero-order chi connectivity index (χ0) is 22.4. The Bertz CT molecular complexity index is 959. The van der Waals surface area contributed by atoms with Gasteiger partial charge in [0.05, 0.1) is 12.0 Å². The van der Waals surface area contributed by atoms with Crippen LogP contribution in [0.2, 0.25) is 5.28 Å². The molecule has 9 nitrogen and oxygen atoms in total. The van der Waals surface area contributed by atoms with Gasteiger partial charge in [0.1, 0.15) is 30.4 Å². The summed E-state index contributed by atoms with van der Waals surface area (Å²) in [6, 6.07) is 1.72. The molecule has 0 amide bonds. The van der Waals surface area contributed by atoms with Crippen LogP contribution in [0.1, 0.15) is 51.7 Å². The number of nitrogens with zero attached hydrogens (tertiary/aromatic N) is 3. The van der Waals surface area contributed by atoms with Crippen molar-refractivity contribution in [2.75, 3.05) is 18.9 Å². The van der Waals surface area contributed by atoms with Crippen LogP contribution in [-0.4, -0.2) is 50.7 Å².